The molecule has 2 aromatic carbocycles. The highest BCUT2D eigenvalue weighted by Crippen LogP contribution is 2.42. The Kier molecular flexibility index (Phi) is 7.16. The monoisotopic (exact) mass is 492 g/mol. The van der Waals surface area contributed by atoms with E-state index in [2.05, 4.69) is 0 Å². The topological polar surface area (TPSA) is 17.1 Å². The molecule has 2 aromatic rings. The van der Waals surface area contributed by atoms with Gasteiger partial charge < -0.3 is 0 Å². The lowest BCUT2D eigenvalue weighted by molar-refractivity contribution is -0.140. The number of carbonyl (C=O) groups excluding carboxylic acids is 1. The van der Waals surface area contributed by atoms with Gasteiger partial charge in [-0.3, -0.25) is 4.79 Å². The van der Waals surface area contributed by atoms with Crippen LogP contribution in [0.25, 0.3) is 5.83 Å². The van der Waals surface area contributed by atoms with Crippen LogP contribution >= 0.6 is 34.8 Å². The van der Waals surface area contributed by atoms with E-state index in [0.29, 0.717) is 6.07 Å². The molecule has 0 radical (unpaired) electrons. The van der Waals surface area contributed by atoms with Gasteiger partial charge in [0.15, 0.2) is 5.78 Å². The Morgan fingerprint density at radius 1 is 0.967 bits per heavy atom. The van der Waals surface area contributed by atoms with Crippen LogP contribution in [0.1, 0.15) is 39.9 Å². The van der Waals surface area contributed by atoms with Crippen LogP contribution in [0, 0.1) is 0 Å². The highest BCUT2D eigenvalue weighted by molar-refractivity contribution is 6.48. The van der Waals surface area contributed by atoms with Crippen LogP contribution in [0.15, 0.2) is 36.4 Å². The number of alkyl halides is 6. The summed E-state index contributed by atoms with van der Waals surface area (Å²) in [6, 6.07) is 3.42. The van der Waals surface area contributed by atoms with Gasteiger partial charge in [-0.2, -0.15) is 26.3 Å². The third-order valence-corrected chi connectivity index (χ3v) is 5.21. The molecule has 0 saturated carbocycles. The molecule has 0 aromatic heterocycles. The number of benzene rings is 2. The number of hydrogen-bond donors (Lipinski definition) is 0. The fraction of sp³-hybridized carbons (Fsp3) is 0.211. The molecule has 0 amide bonds. The summed E-state index contributed by atoms with van der Waals surface area (Å²) < 4.78 is 94.7. The van der Waals surface area contributed by atoms with E-state index < -0.39 is 52.1 Å². The second kappa shape index (κ2) is 8.77. The number of hydrogen-bond acceptors (Lipinski definition) is 1. The van der Waals surface area contributed by atoms with Crippen molar-refractivity contribution >= 4 is 46.4 Å². The maximum absolute atomic E-state index is 14.6. The van der Waals surface area contributed by atoms with Gasteiger partial charge in [0.2, 0.25) is 0 Å². The minimum absolute atomic E-state index is 0.0961. The highest BCUT2D eigenvalue weighted by atomic mass is 35.5. The second-order valence-corrected chi connectivity index (χ2v) is 7.34. The van der Waals surface area contributed by atoms with Crippen LogP contribution in [-0.4, -0.2) is 12.0 Å². The molecule has 2 rings (SSSR count). The molecule has 0 spiro atoms. The zero-order valence-electron chi connectivity index (χ0n) is 14.7. The van der Waals surface area contributed by atoms with Crippen molar-refractivity contribution in [2.24, 2.45) is 0 Å². The molecule has 0 bridgehead atoms. The van der Waals surface area contributed by atoms with Gasteiger partial charge in [-0.25, -0.2) is 4.39 Å². The second-order valence-electron chi connectivity index (χ2n) is 6.15. The predicted molar refractivity (Wildman–Crippen MR) is 101 cm³/mol. The zero-order chi connectivity index (χ0) is 23.0. The molecule has 11 heteroatoms. The van der Waals surface area contributed by atoms with Gasteiger partial charge in [-0.1, -0.05) is 46.9 Å². The third-order valence-electron chi connectivity index (χ3n) is 4.01. The highest BCUT2D eigenvalue weighted by Gasteiger charge is 2.41. The maximum Gasteiger partial charge on any atom is 0.417 e. The quantitative estimate of drug-likeness (QED) is 0.237. The van der Waals surface area contributed by atoms with E-state index >= 15 is 0 Å². The first-order chi connectivity index (χ1) is 13.6. The summed E-state index contributed by atoms with van der Waals surface area (Å²) in [6.45, 7) is 0.879. The number of halogens is 10. The summed E-state index contributed by atoms with van der Waals surface area (Å²) in [5.74, 6) is -5.09. The molecule has 0 N–H and O–H groups in total. The van der Waals surface area contributed by atoms with Crippen LogP contribution in [0.4, 0.5) is 30.7 Å². The number of Topliss-reactive ketones (excluding diaryl/α,β-unsaturated/α-hetero) is 1. The van der Waals surface area contributed by atoms with E-state index in [1.807, 2.05) is 0 Å². The lowest BCUT2D eigenvalue weighted by Crippen LogP contribution is -2.19. The van der Waals surface area contributed by atoms with Crippen LogP contribution in [0.3, 0.4) is 0 Å². The average molecular weight is 494 g/mol. The molecular weight excluding hydrogens is 484 g/mol. The number of allylic oxidation sites excluding steroid dienone is 1. The van der Waals surface area contributed by atoms with Crippen molar-refractivity contribution in [2.45, 2.75) is 25.2 Å². The first-order valence-corrected chi connectivity index (χ1v) is 9.07. The molecule has 0 saturated heterocycles. The molecule has 1 nitrogen and oxygen atoms in total. The largest absolute Gasteiger partial charge is 0.417 e. The van der Waals surface area contributed by atoms with Crippen LogP contribution < -0.4 is 0 Å². The molecule has 0 aliphatic rings. The minimum atomic E-state index is -5.02. The van der Waals surface area contributed by atoms with Gasteiger partial charge >= 0.3 is 12.4 Å². The fourth-order valence-corrected chi connectivity index (χ4v) is 3.22. The lowest BCUT2D eigenvalue weighted by atomic mass is 9.95. The molecule has 0 heterocycles. The molecule has 30 heavy (non-hydrogen) atoms. The van der Waals surface area contributed by atoms with E-state index in [-0.39, 0.29) is 27.2 Å². The van der Waals surface area contributed by atoms with Crippen molar-refractivity contribution in [3.63, 3.8) is 0 Å². The van der Waals surface area contributed by atoms with Gasteiger partial charge in [0.05, 0.1) is 20.6 Å². The van der Waals surface area contributed by atoms with Crippen LogP contribution in [0.2, 0.25) is 15.1 Å². The Balaban J connectivity index is 2.62. The molecule has 162 valence electrons. The van der Waals surface area contributed by atoms with Crippen molar-refractivity contribution in [3.05, 3.63) is 73.7 Å². The molecular formula is C19H10Cl3F7O. The fourth-order valence-electron chi connectivity index (χ4n) is 2.61. The van der Waals surface area contributed by atoms with Gasteiger partial charge in [-0.05, 0) is 36.8 Å². The molecule has 0 unspecified atom stereocenters. The average Bonchev–Trinajstić information content (AvgIpc) is 2.61. The van der Waals surface area contributed by atoms with Gasteiger partial charge in [-0.15, -0.1) is 0 Å². The van der Waals surface area contributed by atoms with Gasteiger partial charge in [0.25, 0.3) is 0 Å². The normalized spacial score (nSPS) is 14.0. The minimum Gasteiger partial charge on any atom is -0.294 e. The summed E-state index contributed by atoms with van der Waals surface area (Å²) in [6.07, 6.45) is -9.94. The smallest absolute Gasteiger partial charge is 0.294 e. The van der Waals surface area contributed by atoms with Crippen molar-refractivity contribution < 1.29 is 35.5 Å². The van der Waals surface area contributed by atoms with E-state index in [1.165, 1.54) is 0 Å². The summed E-state index contributed by atoms with van der Waals surface area (Å²) in [5.41, 5.74) is -3.54. The van der Waals surface area contributed by atoms with Crippen molar-refractivity contribution in [1.29, 1.82) is 0 Å². The first-order valence-electron chi connectivity index (χ1n) is 7.94. The Morgan fingerprint density at radius 3 is 1.93 bits per heavy atom. The summed E-state index contributed by atoms with van der Waals surface area (Å²) in [5, 5.41) is -0.832. The Hall–Kier alpha value is -1.77. The summed E-state index contributed by atoms with van der Waals surface area (Å²) in [4.78, 5) is 11.4. The van der Waals surface area contributed by atoms with E-state index in [0.717, 1.165) is 25.1 Å². The number of rotatable bonds is 4. The van der Waals surface area contributed by atoms with Crippen LogP contribution in [-0.2, 0) is 6.18 Å². The SMILES string of the molecule is CC(=O)c1ccc(/C(F)=C/[C@@H](c2cc(Cl)c(Cl)c(Cl)c2)C(F)(F)F)cc1C(F)(F)F. The first kappa shape index (κ1) is 24.5. The van der Waals surface area contributed by atoms with E-state index in [9.17, 15) is 35.5 Å². The number of carbonyl (C=O) groups is 1. The molecule has 0 fully saturated rings. The van der Waals surface area contributed by atoms with E-state index in [4.69, 9.17) is 34.8 Å². The van der Waals surface area contributed by atoms with Crippen molar-refractivity contribution in [2.75, 3.05) is 0 Å². The predicted octanol–water partition coefficient (Wildman–Crippen LogP) is 8.52. The van der Waals surface area contributed by atoms with Gasteiger partial charge in [0.1, 0.15) is 11.7 Å². The van der Waals surface area contributed by atoms with Crippen molar-refractivity contribution in [1.82, 2.24) is 0 Å². The lowest BCUT2D eigenvalue weighted by Gasteiger charge is -2.19. The van der Waals surface area contributed by atoms with Gasteiger partial charge in [0, 0.05) is 11.1 Å². The Morgan fingerprint density at radius 2 is 1.50 bits per heavy atom. The maximum atomic E-state index is 14.6. The van der Waals surface area contributed by atoms with E-state index in [1.54, 1.807) is 0 Å². The standard InChI is InChI=1S/C19H10Cl3F7O/c1-8(30)11-3-2-9(4-13(11)19(27,28)29)16(23)7-12(18(24,25)26)10-5-14(20)17(22)15(21)6-10/h2-7,12H,1H3/b16-7-/t12-/m0/s1. The Labute approximate surface area is 181 Å². The third kappa shape index (κ3) is 5.47. The summed E-state index contributed by atoms with van der Waals surface area (Å²) in [7, 11) is 0. The number of ketones is 1. The molecule has 0 aliphatic heterocycles. The zero-order valence-corrected chi connectivity index (χ0v) is 17.0. The van der Waals surface area contributed by atoms with Crippen molar-refractivity contribution in [3.8, 4) is 0 Å². The van der Waals surface area contributed by atoms with Crippen LogP contribution in [0.5, 0.6) is 0 Å². The Bertz CT molecular complexity index is 987. The molecule has 1 atom stereocenters. The summed E-state index contributed by atoms with van der Waals surface area (Å²) >= 11 is 17.2. The molecule has 0 aliphatic carbocycles.